The lowest BCUT2D eigenvalue weighted by Gasteiger charge is -2.18. The summed E-state index contributed by atoms with van der Waals surface area (Å²) in [6, 6.07) is 11.8. The number of hydrogen-bond donors (Lipinski definition) is 2. The van der Waals surface area contributed by atoms with Crippen molar-refractivity contribution in [1.82, 2.24) is 20.3 Å². The van der Waals surface area contributed by atoms with E-state index < -0.39 is 11.8 Å². The van der Waals surface area contributed by atoms with Crippen LogP contribution in [0.1, 0.15) is 29.9 Å². The van der Waals surface area contributed by atoms with Gasteiger partial charge in [0.25, 0.3) is 0 Å². The van der Waals surface area contributed by atoms with Crippen molar-refractivity contribution in [3.63, 3.8) is 0 Å². The highest BCUT2D eigenvalue weighted by Crippen LogP contribution is 2.19. The van der Waals surface area contributed by atoms with Crippen LogP contribution >= 0.6 is 0 Å². The van der Waals surface area contributed by atoms with E-state index in [2.05, 4.69) is 15.6 Å². The fourth-order valence-electron chi connectivity index (χ4n) is 3.16. The van der Waals surface area contributed by atoms with Crippen molar-refractivity contribution in [3.05, 3.63) is 77.1 Å². The van der Waals surface area contributed by atoms with Gasteiger partial charge in [0.15, 0.2) is 0 Å². The van der Waals surface area contributed by atoms with Gasteiger partial charge in [0, 0.05) is 6.54 Å². The molecule has 1 amide bonds. The average Bonchev–Trinajstić information content (AvgIpc) is 3.08. The summed E-state index contributed by atoms with van der Waals surface area (Å²) in [6.45, 7) is 4.14. The van der Waals surface area contributed by atoms with Crippen molar-refractivity contribution in [2.45, 2.75) is 26.3 Å². The molecule has 3 aromatic rings. The van der Waals surface area contributed by atoms with E-state index in [1.807, 2.05) is 13.8 Å². The first-order valence-electron chi connectivity index (χ1n) is 9.30. The highest BCUT2D eigenvalue weighted by Gasteiger charge is 2.20. The molecule has 0 aliphatic rings. The average molecular weight is 399 g/mol. The van der Waals surface area contributed by atoms with E-state index in [1.165, 1.54) is 24.3 Å². The van der Waals surface area contributed by atoms with E-state index in [9.17, 15) is 13.6 Å². The Morgan fingerprint density at radius 2 is 1.69 bits per heavy atom. The van der Waals surface area contributed by atoms with Crippen LogP contribution in [0.3, 0.4) is 0 Å². The van der Waals surface area contributed by atoms with Gasteiger partial charge >= 0.3 is 0 Å². The fraction of sp³-hybridized carbons (Fsp3) is 0.286. The molecule has 1 aromatic heterocycles. The Balaban J connectivity index is 1.67. The minimum atomic E-state index is -0.449. The van der Waals surface area contributed by atoms with Crippen LogP contribution in [0.15, 0.2) is 48.5 Å². The second-order valence-corrected chi connectivity index (χ2v) is 7.01. The molecule has 152 valence electrons. The zero-order chi connectivity index (χ0) is 21.0. The molecule has 0 fully saturated rings. The van der Waals surface area contributed by atoms with Gasteiger partial charge in [0.05, 0.1) is 23.3 Å². The second-order valence-electron chi connectivity index (χ2n) is 7.01. The molecule has 0 saturated carbocycles. The molecule has 0 unspecified atom stereocenters. The molecule has 0 radical (unpaired) electrons. The van der Waals surface area contributed by atoms with Crippen molar-refractivity contribution in [1.29, 1.82) is 0 Å². The van der Waals surface area contributed by atoms with Crippen LogP contribution < -0.4 is 11.1 Å². The molecular formula is C21H23F2N5O. The Morgan fingerprint density at radius 1 is 1.10 bits per heavy atom. The van der Waals surface area contributed by atoms with Gasteiger partial charge < -0.3 is 11.1 Å². The van der Waals surface area contributed by atoms with Gasteiger partial charge in [-0.1, -0.05) is 17.3 Å². The van der Waals surface area contributed by atoms with Crippen molar-refractivity contribution >= 4 is 5.91 Å². The van der Waals surface area contributed by atoms with E-state index in [1.54, 1.807) is 28.9 Å². The first-order valence-corrected chi connectivity index (χ1v) is 9.30. The summed E-state index contributed by atoms with van der Waals surface area (Å²) >= 11 is 0. The summed E-state index contributed by atoms with van der Waals surface area (Å²) in [5.41, 5.74) is 8.62. The lowest BCUT2D eigenvalue weighted by molar-refractivity contribution is -0.121. The van der Waals surface area contributed by atoms with Crippen LogP contribution in [-0.4, -0.2) is 27.4 Å². The van der Waals surface area contributed by atoms with Gasteiger partial charge in [-0.05, 0) is 62.2 Å². The molecular weight excluding hydrogens is 376 g/mol. The van der Waals surface area contributed by atoms with Gasteiger partial charge in [-0.15, -0.1) is 5.10 Å². The SMILES string of the molecule is Cc1c([C@H](C)NC[C@@H](Cc2ccc(F)cc2)C(N)=O)nnn1-c1ccc(F)cc1. The molecule has 2 aromatic carbocycles. The zero-order valence-corrected chi connectivity index (χ0v) is 16.3. The van der Waals surface area contributed by atoms with Gasteiger partial charge in [-0.25, -0.2) is 13.5 Å². The van der Waals surface area contributed by atoms with Crippen molar-refractivity contribution in [3.8, 4) is 5.69 Å². The number of primary amides is 1. The number of nitrogens with zero attached hydrogens (tertiary/aromatic N) is 3. The Labute approximate surface area is 167 Å². The molecule has 6 nitrogen and oxygen atoms in total. The first-order chi connectivity index (χ1) is 13.8. The van der Waals surface area contributed by atoms with Crippen LogP contribution in [-0.2, 0) is 11.2 Å². The summed E-state index contributed by atoms with van der Waals surface area (Å²) in [6.07, 6.45) is 0.413. The van der Waals surface area contributed by atoms with E-state index in [0.29, 0.717) is 18.7 Å². The maximum Gasteiger partial charge on any atom is 0.222 e. The number of hydrogen-bond acceptors (Lipinski definition) is 4. The van der Waals surface area contributed by atoms with Gasteiger partial charge in [0.1, 0.15) is 17.3 Å². The highest BCUT2D eigenvalue weighted by atomic mass is 19.1. The molecule has 2 atom stereocenters. The number of nitrogens with two attached hydrogens (primary N) is 1. The normalized spacial score (nSPS) is 13.2. The molecule has 0 bridgehead atoms. The van der Waals surface area contributed by atoms with Gasteiger partial charge in [0.2, 0.25) is 5.91 Å². The zero-order valence-electron chi connectivity index (χ0n) is 16.3. The topological polar surface area (TPSA) is 85.8 Å². The van der Waals surface area contributed by atoms with E-state index >= 15 is 0 Å². The van der Waals surface area contributed by atoms with Crippen LogP contribution in [0, 0.1) is 24.5 Å². The lowest BCUT2D eigenvalue weighted by Crippen LogP contribution is -2.35. The standard InChI is InChI=1S/C21H23F2N5O/c1-13(20-14(2)28(27-26-20)19-9-7-18(23)8-10-19)25-12-16(21(24)29)11-15-3-5-17(22)6-4-15/h3-10,13,16,25H,11-12H2,1-2H3,(H2,24,29)/t13-,16+/m0/s1. The Kier molecular flexibility index (Phi) is 6.33. The van der Waals surface area contributed by atoms with Crippen LogP contribution in [0.5, 0.6) is 0 Å². The number of carbonyl (C=O) groups excluding carboxylic acids is 1. The molecule has 1 heterocycles. The van der Waals surface area contributed by atoms with Crippen molar-refractivity contribution < 1.29 is 13.6 Å². The van der Waals surface area contributed by atoms with E-state index in [4.69, 9.17) is 5.73 Å². The minimum Gasteiger partial charge on any atom is -0.369 e. The Hall–Kier alpha value is -3.13. The number of benzene rings is 2. The maximum atomic E-state index is 13.1. The number of nitrogens with one attached hydrogen (secondary N) is 1. The fourth-order valence-corrected chi connectivity index (χ4v) is 3.16. The number of rotatable bonds is 8. The maximum absolute atomic E-state index is 13.1. The monoisotopic (exact) mass is 399 g/mol. The Bertz CT molecular complexity index is 970. The first kappa shape index (κ1) is 20.6. The largest absolute Gasteiger partial charge is 0.369 e. The number of halogens is 2. The second kappa shape index (κ2) is 8.91. The molecule has 0 aliphatic heterocycles. The third-order valence-electron chi connectivity index (χ3n) is 4.88. The van der Waals surface area contributed by atoms with Crippen molar-refractivity contribution in [2.75, 3.05) is 6.54 Å². The Morgan fingerprint density at radius 3 is 2.28 bits per heavy atom. The lowest BCUT2D eigenvalue weighted by atomic mass is 9.98. The summed E-state index contributed by atoms with van der Waals surface area (Å²) < 4.78 is 27.8. The smallest absolute Gasteiger partial charge is 0.222 e. The number of carbonyl (C=O) groups is 1. The molecule has 29 heavy (non-hydrogen) atoms. The number of aromatic nitrogens is 3. The van der Waals surface area contributed by atoms with Gasteiger partial charge in [-0.3, -0.25) is 4.79 Å². The third-order valence-corrected chi connectivity index (χ3v) is 4.88. The summed E-state index contributed by atoms with van der Waals surface area (Å²) in [5.74, 6) is -1.52. The predicted octanol–water partition coefficient (Wildman–Crippen LogP) is 2.85. The molecule has 8 heteroatoms. The van der Waals surface area contributed by atoms with Crippen LogP contribution in [0.25, 0.3) is 5.69 Å². The molecule has 3 N–H and O–H groups in total. The third kappa shape index (κ3) is 5.03. The molecule has 0 spiro atoms. The highest BCUT2D eigenvalue weighted by molar-refractivity contribution is 5.77. The minimum absolute atomic E-state index is 0.181. The van der Waals surface area contributed by atoms with E-state index in [0.717, 1.165) is 17.0 Å². The van der Waals surface area contributed by atoms with Crippen LogP contribution in [0.2, 0.25) is 0 Å². The summed E-state index contributed by atoms with van der Waals surface area (Å²) in [4.78, 5) is 11.8. The van der Waals surface area contributed by atoms with E-state index in [-0.39, 0.29) is 17.7 Å². The summed E-state index contributed by atoms with van der Waals surface area (Å²) in [5, 5.41) is 11.7. The molecule has 0 aliphatic carbocycles. The van der Waals surface area contributed by atoms with Crippen LogP contribution in [0.4, 0.5) is 8.78 Å². The molecule has 3 rings (SSSR count). The quantitative estimate of drug-likeness (QED) is 0.610. The van der Waals surface area contributed by atoms with Crippen molar-refractivity contribution in [2.24, 2.45) is 11.7 Å². The summed E-state index contributed by atoms with van der Waals surface area (Å²) in [7, 11) is 0. The van der Waals surface area contributed by atoms with Gasteiger partial charge in [-0.2, -0.15) is 0 Å². The number of amides is 1. The molecule has 0 saturated heterocycles. The predicted molar refractivity (Wildman–Crippen MR) is 105 cm³/mol.